The number of carbonyl (C=O) groups excluding carboxylic acids is 2. The second kappa shape index (κ2) is 9.34. The largest absolute Gasteiger partial charge is 0.491 e. The maximum atomic E-state index is 12.5. The summed E-state index contributed by atoms with van der Waals surface area (Å²) in [4.78, 5) is 24.5. The first-order valence-electron chi connectivity index (χ1n) is 9.52. The smallest absolute Gasteiger partial charge is 0.267 e. The number of aliphatic hydroxyl groups is 1. The zero-order valence-corrected chi connectivity index (χ0v) is 16.5. The van der Waals surface area contributed by atoms with E-state index in [1.807, 2.05) is 61.5 Å². The average Bonchev–Trinajstić information content (AvgIpc) is 3.17. The molecular formula is C22H25N3O4. The summed E-state index contributed by atoms with van der Waals surface area (Å²) in [5.74, 6) is 0.203. The molecule has 0 aromatic heterocycles. The molecule has 7 heteroatoms. The molecule has 1 aliphatic rings. The number of benzene rings is 2. The standard InChI is InChI=1S/C22H25N3O4/c1-15-7-6-10-19(11-15)29-14-18(27)13-23-22(28)20-12-21(16(2)26)25(24-20)17-8-4-3-5-9-17/h3-11,18,21,27H,12-14H2,1-2H3,(H,23,28). The number of ether oxygens (including phenoxy) is 1. The van der Waals surface area contributed by atoms with Gasteiger partial charge in [-0.25, -0.2) is 0 Å². The molecule has 0 saturated heterocycles. The van der Waals surface area contributed by atoms with Crippen LogP contribution >= 0.6 is 0 Å². The van der Waals surface area contributed by atoms with Gasteiger partial charge in [0, 0.05) is 13.0 Å². The second-order valence-electron chi connectivity index (χ2n) is 7.05. The number of nitrogens with one attached hydrogen (secondary N) is 1. The predicted octanol–water partition coefficient (Wildman–Crippen LogP) is 2.07. The lowest BCUT2D eigenvalue weighted by molar-refractivity contribution is -0.118. The lowest BCUT2D eigenvalue weighted by atomic mass is 10.1. The number of ketones is 1. The number of para-hydroxylation sites is 1. The van der Waals surface area contributed by atoms with E-state index in [1.165, 1.54) is 6.92 Å². The molecule has 29 heavy (non-hydrogen) atoms. The van der Waals surface area contributed by atoms with Crippen molar-refractivity contribution in [2.45, 2.75) is 32.4 Å². The van der Waals surface area contributed by atoms with Gasteiger partial charge >= 0.3 is 0 Å². The Hall–Kier alpha value is -3.19. The summed E-state index contributed by atoms with van der Waals surface area (Å²) in [6, 6.07) is 16.3. The Kier molecular flexibility index (Phi) is 6.61. The number of hydrogen-bond donors (Lipinski definition) is 2. The van der Waals surface area contributed by atoms with Crippen molar-refractivity contribution in [3.8, 4) is 5.75 Å². The summed E-state index contributed by atoms with van der Waals surface area (Å²) in [5.41, 5.74) is 2.08. The van der Waals surface area contributed by atoms with E-state index in [0.717, 1.165) is 11.3 Å². The minimum atomic E-state index is -0.865. The molecule has 2 aromatic rings. The maximum Gasteiger partial charge on any atom is 0.267 e. The number of anilines is 1. The first kappa shape index (κ1) is 20.5. The second-order valence-corrected chi connectivity index (χ2v) is 7.05. The van der Waals surface area contributed by atoms with Crippen molar-refractivity contribution in [3.63, 3.8) is 0 Å². The van der Waals surface area contributed by atoms with Crippen LogP contribution < -0.4 is 15.1 Å². The lowest BCUT2D eigenvalue weighted by Crippen LogP contribution is -2.39. The fourth-order valence-electron chi connectivity index (χ4n) is 3.05. The molecule has 1 heterocycles. The molecule has 2 aromatic carbocycles. The van der Waals surface area contributed by atoms with Gasteiger partial charge in [-0.1, -0.05) is 30.3 Å². The summed E-state index contributed by atoms with van der Waals surface area (Å²) >= 11 is 0. The summed E-state index contributed by atoms with van der Waals surface area (Å²) in [6.45, 7) is 3.53. The Balaban J connectivity index is 1.55. The quantitative estimate of drug-likeness (QED) is 0.714. The minimum Gasteiger partial charge on any atom is -0.491 e. The molecule has 0 bridgehead atoms. The number of aryl methyl sites for hydroxylation is 1. The molecule has 152 valence electrons. The van der Waals surface area contributed by atoms with Crippen molar-refractivity contribution >= 4 is 23.1 Å². The van der Waals surface area contributed by atoms with Crippen LogP contribution in [0.4, 0.5) is 5.69 Å². The Bertz CT molecular complexity index is 898. The van der Waals surface area contributed by atoms with Crippen LogP contribution in [-0.2, 0) is 9.59 Å². The molecule has 1 aliphatic heterocycles. The van der Waals surface area contributed by atoms with Crippen molar-refractivity contribution in [3.05, 3.63) is 60.2 Å². The fourth-order valence-corrected chi connectivity index (χ4v) is 3.05. The van der Waals surface area contributed by atoms with Gasteiger partial charge in [-0.15, -0.1) is 0 Å². The Labute approximate surface area is 170 Å². The number of rotatable bonds is 8. The van der Waals surface area contributed by atoms with Crippen LogP contribution in [0.25, 0.3) is 0 Å². The molecule has 1 amide bonds. The van der Waals surface area contributed by atoms with Crippen LogP contribution in [0.15, 0.2) is 59.7 Å². The maximum absolute atomic E-state index is 12.5. The number of amides is 1. The van der Waals surface area contributed by atoms with Crippen LogP contribution in [-0.4, -0.2) is 47.8 Å². The molecule has 2 N–H and O–H groups in total. The highest BCUT2D eigenvalue weighted by Crippen LogP contribution is 2.25. The Morgan fingerprint density at radius 3 is 2.69 bits per heavy atom. The van der Waals surface area contributed by atoms with Crippen LogP contribution in [0.1, 0.15) is 18.9 Å². The lowest BCUT2D eigenvalue weighted by Gasteiger charge is -2.20. The molecule has 0 spiro atoms. The van der Waals surface area contributed by atoms with E-state index < -0.39 is 18.1 Å². The van der Waals surface area contributed by atoms with Crippen molar-refractivity contribution in [2.75, 3.05) is 18.2 Å². The highest BCUT2D eigenvalue weighted by atomic mass is 16.5. The van der Waals surface area contributed by atoms with E-state index in [1.54, 1.807) is 5.01 Å². The first-order valence-corrected chi connectivity index (χ1v) is 9.52. The highest BCUT2D eigenvalue weighted by molar-refractivity contribution is 6.40. The van der Waals surface area contributed by atoms with Gasteiger partial charge in [-0.2, -0.15) is 5.10 Å². The number of carbonyl (C=O) groups is 2. The van der Waals surface area contributed by atoms with Gasteiger partial charge in [-0.3, -0.25) is 14.6 Å². The van der Waals surface area contributed by atoms with E-state index in [4.69, 9.17) is 4.74 Å². The van der Waals surface area contributed by atoms with Crippen LogP contribution in [0.3, 0.4) is 0 Å². The molecule has 0 fully saturated rings. The number of nitrogens with zero attached hydrogens (tertiary/aromatic N) is 2. The third-order valence-corrected chi connectivity index (χ3v) is 4.59. The van der Waals surface area contributed by atoms with Crippen LogP contribution in [0.2, 0.25) is 0 Å². The van der Waals surface area contributed by atoms with Gasteiger partial charge in [0.05, 0.1) is 5.69 Å². The molecule has 0 aliphatic carbocycles. The average molecular weight is 395 g/mol. The third-order valence-electron chi connectivity index (χ3n) is 4.59. The summed E-state index contributed by atoms with van der Waals surface area (Å²) in [6.07, 6.45) is -0.637. The van der Waals surface area contributed by atoms with E-state index >= 15 is 0 Å². The van der Waals surface area contributed by atoms with Crippen LogP contribution in [0.5, 0.6) is 5.75 Å². The summed E-state index contributed by atoms with van der Waals surface area (Å²) < 4.78 is 5.55. The van der Waals surface area contributed by atoms with Gasteiger partial charge in [-0.05, 0) is 43.7 Å². The van der Waals surface area contributed by atoms with Gasteiger partial charge in [0.2, 0.25) is 0 Å². The molecule has 7 nitrogen and oxygen atoms in total. The number of aliphatic hydroxyl groups excluding tert-OH is 1. The van der Waals surface area contributed by atoms with Gasteiger partial charge in [0.15, 0.2) is 5.78 Å². The molecule has 0 radical (unpaired) electrons. The van der Waals surface area contributed by atoms with Crippen molar-refractivity contribution in [1.82, 2.24) is 5.32 Å². The molecular weight excluding hydrogens is 370 g/mol. The fraction of sp³-hybridized carbons (Fsp3) is 0.318. The van der Waals surface area contributed by atoms with E-state index in [-0.39, 0.29) is 31.1 Å². The Morgan fingerprint density at radius 1 is 1.24 bits per heavy atom. The van der Waals surface area contributed by atoms with Gasteiger partial charge in [0.1, 0.15) is 30.2 Å². The summed E-state index contributed by atoms with van der Waals surface area (Å²) in [5, 5.41) is 18.7. The van der Waals surface area contributed by atoms with Crippen molar-refractivity contribution in [2.24, 2.45) is 5.10 Å². The monoisotopic (exact) mass is 395 g/mol. The zero-order valence-electron chi connectivity index (χ0n) is 16.5. The van der Waals surface area contributed by atoms with E-state index in [0.29, 0.717) is 5.75 Å². The van der Waals surface area contributed by atoms with Crippen LogP contribution in [0, 0.1) is 6.92 Å². The SMILES string of the molecule is CC(=O)C1CC(C(=O)NCC(O)COc2cccc(C)c2)=NN1c1ccccc1. The third kappa shape index (κ3) is 5.42. The summed E-state index contributed by atoms with van der Waals surface area (Å²) in [7, 11) is 0. The first-order chi connectivity index (χ1) is 13.9. The normalized spacial score (nSPS) is 16.9. The molecule has 2 atom stereocenters. The van der Waals surface area contributed by atoms with E-state index in [2.05, 4.69) is 10.4 Å². The number of Topliss-reactive ketones (excluding diaryl/α,β-unsaturated/α-hetero) is 1. The molecule has 0 saturated carbocycles. The highest BCUT2D eigenvalue weighted by Gasteiger charge is 2.34. The Morgan fingerprint density at radius 2 is 2.00 bits per heavy atom. The zero-order chi connectivity index (χ0) is 20.8. The predicted molar refractivity (Wildman–Crippen MR) is 111 cm³/mol. The molecule has 2 unspecified atom stereocenters. The van der Waals surface area contributed by atoms with Crippen molar-refractivity contribution in [1.29, 1.82) is 0 Å². The van der Waals surface area contributed by atoms with Crippen molar-refractivity contribution < 1.29 is 19.4 Å². The number of hydrogen-bond acceptors (Lipinski definition) is 6. The topological polar surface area (TPSA) is 91.2 Å². The minimum absolute atomic E-state index is 0.0275. The van der Waals surface area contributed by atoms with E-state index in [9.17, 15) is 14.7 Å². The molecule has 3 rings (SSSR count). The van der Waals surface area contributed by atoms with Gasteiger partial charge in [0.25, 0.3) is 5.91 Å². The number of hydrazone groups is 1. The van der Waals surface area contributed by atoms with Gasteiger partial charge < -0.3 is 15.2 Å².